The van der Waals surface area contributed by atoms with Crippen LogP contribution < -0.4 is 0 Å². The van der Waals surface area contributed by atoms with Crippen LogP contribution in [-0.2, 0) is 26.0 Å². The van der Waals surface area contributed by atoms with E-state index in [1.165, 1.54) is 13.0 Å². The van der Waals surface area contributed by atoms with Crippen LogP contribution >= 0.6 is 0 Å². The first-order valence-electron chi connectivity index (χ1n) is 7.92. The molecule has 0 aromatic heterocycles. The third kappa shape index (κ3) is 6.81. The highest BCUT2D eigenvalue weighted by Gasteiger charge is 2.20. The number of carbonyl (C=O) groups excluding carboxylic acids is 1. The van der Waals surface area contributed by atoms with Crippen molar-refractivity contribution in [2.24, 2.45) is 0 Å². The summed E-state index contributed by atoms with van der Waals surface area (Å²) in [6.45, 7) is 8.79. The van der Waals surface area contributed by atoms with Crippen LogP contribution in [0, 0.1) is 0 Å². The van der Waals surface area contributed by atoms with Crippen molar-refractivity contribution in [1.82, 2.24) is 0 Å². The number of rotatable bonds is 10. The summed E-state index contributed by atoms with van der Waals surface area (Å²) in [7, 11) is -3.27. The fourth-order valence-electron chi connectivity index (χ4n) is 2.28. The van der Waals surface area contributed by atoms with Crippen LogP contribution in [-0.4, -0.2) is 31.3 Å². The first kappa shape index (κ1) is 20.3. The second-order valence-electron chi connectivity index (χ2n) is 5.93. The molecule has 0 unspecified atom stereocenters. The second kappa shape index (κ2) is 9.55. The van der Waals surface area contributed by atoms with Crippen molar-refractivity contribution in [3.8, 4) is 0 Å². The monoisotopic (exact) mass is 350 g/mol. The van der Waals surface area contributed by atoms with E-state index in [2.05, 4.69) is 6.58 Å². The highest BCUT2D eigenvalue weighted by atomic mass is 32.2. The molecule has 0 bridgehead atoms. The molecule has 132 valence electrons. The highest BCUT2D eigenvalue weighted by Crippen LogP contribution is 2.17. The lowest BCUT2D eigenvalue weighted by molar-refractivity contribution is -0.119. The van der Waals surface area contributed by atoms with Crippen molar-refractivity contribution >= 4 is 15.6 Å². The van der Waals surface area contributed by atoms with Crippen molar-refractivity contribution in [3.05, 3.63) is 60.2 Å². The molecular weight excluding hydrogens is 324 g/mol. The van der Waals surface area contributed by atoms with Gasteiger partial charge in [-0.2, -0.15) is 0 Å². The number of Topliss-reactive ketones (excluding diaryl/α,β-unsaturated/α-hetero) is 1. The van der Waals surface area contributed by atoms with Crippen molar-refractivity contribution in [2.45, 2.75) is 45.2 Å². The SMILES string of the molecule is C=CCS(=O)(=O)[C@H](C)/C=C(/C)[C@H](CC(C)=O)OCc1ccccc1. The van der Waals surface area contributed by atoms with Gasteiger partial charge in [0.1, 0.15) is 5.78 Å². The van der Waals surface area contributed by atoms with Crippen molar-refractivity contribution in [1.29, 1.82) is 0 Å². The van der Waals surface area contributed by atoms with Gasteiger partial charge >= 0.3 is 0 Å². The standard InChI is InChI=1S/C19H26O4S/c1-5-11-24(21,22)17(4)12-15(2)19(13-16(3)20)23-14-18-9-7-6-8-10-18/h5-10,12,17,19H,1,11,13-14H2,2-4H3/b15-12-/t17-,19+/m1/s1. The van der Waals surface area contributed by atoms with E-state index in [4.69, 9.17) is 4.74 Å². The van der Waals surface area contributed by atoms with Crippen LogP contribution in [0.3, 0.4) is 0 Å². The second-order valence-corrected chi connectivity index (χ2v) is 8.33. The van der Waals surface area contributed by atoms with E-state index in [0.717, 1.165) is 11.1 Å². The predicted molar refractivity (Wildman–Crippen MR) is 97.5 cm³/mol. The molecule has 1 rings (SSSR count). The highest BCUT2D eigenvalue weighted by molar-refractivity contribution is 7.92. The average molecular weight is 350 g/mol. The van der Waals surface area contributed by atoms with Crippen LogP contribution in [0.25, 0.3) is 0 Å². The van der Waals surface area contributed by atoms with Crippen molar-refractivity contribution < 1.29 is 17.9 Å². The fourth-order valence-corrected chi connectivity index (χ4v) is 3.33. The molecule has 1 aromatic rings. The summed E-state index contributed by atoms with van der Waals surface area (Å²) in [5.41, 5.74) is 1.76. The Kier molecular flexibility index (Phi) is 8.08. The Hall–Kier alpha value is -1.72. The molecule has 0 fully saturated rings. The third-order valence-electron chi connectivity index (χ3n) is 3.69. The van der Waals surface area contributed by atoms with E-state index in [1.54, 1.807) is 19.9 Å². The molecule has 0 aliphatic carbocycles. The largest absolute Gasteiger partial charge is 0.369 e. The minimum atomic E-state index is -3.27. The lowest BCUT2D eigenvalue weighted by atomic mass is 10.0. The number of sulfone groups is 1. The summed E-state index contributed by atoms with van der Waals surface area (Å²) < 4.78 is 30.0. The smallest absolute Gasteiger partial charge is 0.159 e. The molecule has 0 spiro atoms. The molecule has 0 saturated heterocycles. The van der Waals surface area contributed by atoms with Gasteiger partial charge in [-0.1, -0.05) is 42.5 Å². The van der Waals surface area contributed by atoms with Gasteiger partial charge in [-0.15, -0.1) is 6.58 Å². The Morgan fingerprint density at radius 3 is 2.42 bits per heavy atom. The van der Waals surface area contributed by atoms with Gasteiger partial charge in [0.15, 0.2) is 9.84 Å². The minimum Gasteiger partial charge on any atom is -0.369 e. The summed E-state index contributed by atoms with van der Waals surface area (Å²) in [6.07, 6.45) is 2.85. The lowest BCUT2D eigenvalue weighted by Crippen LogP contribution is -2.22. The minimum absolute atomic E-state index is 0.00223. The number of carbonyl (C=O) groups is 1. The molecule has 0 aliphatic heterocycles. The zero-order valence-electron chi connectivity index (χ0n) is 14.6. The maximum Gasteiger partial charge on any atom is 0.159 e. The van der Waals surface area contributed by atoms with E-state index in [0.29, 0.717) is 6.61 Å². The quantitative estimate of drug-likeness (QED) is 0.606. The molecule has 0 amide bonds. The van der Waals surface area contributed by atoms with Crippen LogP contribution in [0.1, 0.15) is 32.8 Å². The molecule has 0 saturated carbocycles. The Bertz CT molecular complexity index is 675. The fraction of sp³-hybridized carbons (Fsp3) is 0.421. The van der Waals surface area contributed by atoms with Gasteiger partial charge in [-0.25, -0.2) is 8.42 Å². The first-order chi connectivity index (χ1) is 11.3. The molecule has 24 heavy (non-hydrogen) atoms. The molecule has 2 atom stereocenters. The molecule has 1 aromatic carbocycles. The molecule has 0 radical (unpaired) electrons. The van der Waals surface area contributed by atoms with Crippen LogP contribution in [0.2, 0.25) is 0 Å². The van der Waals surface area contributed by atoms with E-state index < -0.39 is 21.2 Å². The molecule has 0 aliphatic rings. The van der Waals surface area contributed by atoms with Crippen molar-refractivity contribution in [2.75, 3.05) is 5.75 Å². The Labute approximate surface area is 145 Å². The molecule has 0 heterocycles. The summed E-state index contributed by atoms with van der Waals surface area (Å²) >= 11 is 0. The van der Waals surface area contributed by atoms with E-state index in [1.807, 2.05) is 30.3 Å². The van der Waals surface area contributed by atoms with Gasteiger partial charge in [0, 0.05) is 6.42 Å². The number of hydrogen-bond donors (Lipinski definition) is 0. The molecule has 5 heteroatoms. The van der Waals surface area contributed by atoms with Gasteiger partial charge in [0.25, 0.3) is 0 Å². The van der Waals surface area contributed by atoms with E-state index >= 15 is 0 Å². The summed E-state index contributed by atoms with van der Waals surface area (Å²) in [6, 6.07) is 9.66. The van der Waals surface area contributed by atoms with Crippen molar-refractivity contribution in [3.63, 3.8) is 0 Å². The number of ketones is 1. The number of ether oxygens (including phenoxy) is 1. The Balaban J connectivity index is 2.87. The van der Waals surface area contributed by atoms with Gasteiger partial charge in [-0.3, -0.25) is 4.79 Å². The Morgan fingerprint density at radius 1 is 1.25 bits per heavy atom. The first-order valence-corrected chi connectivity index (χ1v) is 9.63. The van der Waals surface area contributed by atoms with Crippen LogP contribution in [0.4, 0.5) is 0 Å². The maximum absolute atomic E-state index is 12.1. The summed E-state index contributed by atoms with van der Waals surface area (Å²) in [4.78, 5) is 11.5. The normalized spacial score (nSPS) is 14.9. The van der Waals surface area contributed by atoms with Crippen LogP contribution in [0.15, 0.2) is 54.6 Å². The van der Waals surface area contributed by atoms with E-state index in [9.17, 15) is 13.2 Å². The summed E-state index contributed by atoms with van der Waals surface area (Å²) in [5.74, 6) is -0.0670. The van der Waals surface area contributed by atoms with Gasteiger partial charge < -0.3 is 4.74 Å². The van der Waals surface area contributed by atoms with Gasteiger partial charge in [0.05, 0.1) is 23.7 Å². The third-order valence-corrected chi connectivity index (χ3v) is 5.66. The molecular formula is C19H26O4S. The topological polar surface area (TPSA) is 60.4 Å². The average Bonchev–Trinajstić information content (AvgIpc) is 2.51. The molecule has 4 nitrogen and oxygen atoms in total. The van der Waals surface area contributed by atoms with Crippen LogP contribution in [0.5, 0.6) is 0 Å². The lowest BCUT2D eigenvalue weighted by Gasteiger charge is -2.19. The zero-order chi connectivity index (χ0) is 18.2. The zero-order valence-corrected chi connectivity index (χ0v) is 15.4. The summed E-state index contributed by atoms with van der Waals surface area (Å²) in [5, 5.41) is -0.648. The predicted octanol–water partition coefficient (Wildman–Crippen LogP) is 3.49. The van der Waals surface area contributed by atoms with E-state index in [-0.39, 0.29) is 18.0 Å². The van der Waals surface area contributed by atoms with Gasteiger partial charge in [-0.05, 0) is 31.9 Å². The Morgan fingerprint density at radius 2 is 1.88 bits per heavy atom. The van der Waals surface area contributed by atoms with Gasteiger partial charge in [0.2, 0.25) is 0 Å². The number of benzene rings is 1. The number of hydrogen-bond acceptors (Lipinski definition) is 4. The molecule has 0 N–H and O–H groups in total. The maximum atomic E-state index is 12.1.